The number of ether oxygens (including phenoxy) is 1. The molecule has 7 nitrogen and oxygen atoms in total. The first-order valence-corrected chi connectivity index (χ1v) is 16.6. The molecular weight excluding hydrogens is 520 g/mol. The van der Waals surface area contributed by atoms with Crippen molar-refractivity contribution < 1.29 is 35.1 Å². The number of carboxylic acid groups (broad SMARTS) is 1. The molecule has 5 N–H and O–H groups in total. The summed E-state index contributed by atoms with van der Waals surface area (Å²) < 4.78 is 5.92. The highest BCUT2D eigenvalue weighted by Crippen LogP contribution is 2.70. The quantitative estimate of drug-likeness (QED) is 0.312. The molecule has 0 spiro atoms. The Morgan fingerprint density at radius 3 is 2.29 bits per heavy atom. The molecule has 15 unspecified atom stereocenters. The van der Waals surface area contributed by atoms with Crippen LogP contribution in [0, 0.1) is 57.7 Å². The normalized spacial score (nSPS) is 55.1. The fourth-order valence-corrected chi connectivity index (χ4v) is 11.9. The number of aliphatic hydroxyl groups is 4. The maximum atomic E-state index is 12.7. The van der Waals surface area contributed by atoms with Gasteiger partial charge in [-0.15, -0.1) is 0 Å². The van der Waals surface area contributed by atoms with Gasteiger partial charge in [-0.1, -0.05) is 39.3 Å². The van der Waals surface area contributed by atoms with E-state index in [1.807, 2.05) is 0 Å². The zero-order valence-electron chi connectivity index (χ0n) is 25.5. The number of hydrogen-bond donors (Lipinski definition) is 5. The Bertz CT molecular complexity index is 1040. The standard InChI is InChI=1S/C34H54O7/c1-18-7-13-34(31(39)40)14-10-23-21(24(34)15-18)5-6-27-32(3)11-8-20(19(2)22(32)9-12-33(23,27)4)16-25-28(36)30(38)29(37)26(17-35)41-25/h5,18-20,22-30,35-38H,6-17H2,1-4H3,(H,39,40). The first kappa shape index (κ1) is 30.1. The van der Waals surface area contributed by atoms with Gasteiger partial charge < -0.3 is 30.3 Å². The van der Waals surface area contributed by atoms with Crippen molar-refractivity contribution in [2.45, 2.75) is 129 Å². The first-order valence-electron chi connectivity index (χ1n) is 16.6. The van der Waals surface area contributed by atoms with E-state index in [1.165, 1.54) is 18.4 Å². The average Bonchev–Trinajstić information content (AvgIpc) is 2.94. The van der Waals surface area contributed by atoms with Crippen LogP contribution in [0.2, 0.25) is 0 Å². The molecule has 0 aromatic carbocycles. The monoisotopic (exact) mass is 574 g/mol. The van der Waals surface area contributed by atoms with Gasteiger partial charge in [0.2, 0.25) is 0 Å². The van der Waals surface area contributed by atoms with Gasteiger partial charge in [0.1, 0.15) is 24.4 Å². The van der Waals surface area contributed by atoms with Crippen LogP contribution >= 0.6 is 0 Å². The molecule has 0 bridgehead atoms. The van der Waals surface area contributed by atoms with E-state index in [0.29, 0.717) is 41.9 Å². The molecule has 6 aliphatic rings. The van der Waals surface area contributed by atoms with Crippen molar-refractivity contribution in [3.8, 4) is 0 Å². The fourth-order valence-electron chi connectivity index (χ4n) is 11.9. The lowest BCUT2D eigenvalue weighted by Crippen LogP contribution is -2.60. The molecule has 5 aliphatic carbocycles. The summed E-state index contributed by atoms with van der Waals surface area (Å²) in [4.78, 5) is 12.7. The van der Waals surface area contributed by atoms with Crippen LogP contribution in [-0.2, 0) is 9.53 Å². The molecule has 0 amide bonds. The maximum absolute atomic E-state index is 12.7. The molecule has 0 aromatic rings. The molecule has 1 heterocycles. The Labute approximate surface area is 245 Å². The molecule has 232 valence electrons. The second-order valence-corrected chi connectivity index (χ2v) is 15.9. The van der Waals surface area contributed by atoms with E-state index in [0.717, 1.165) is 51.4 Å². The van der Waals surface area contributed by atoms with E-state index in [2.05, 4.69) is 33.8 Å². The van der Waals surface area contributed by atoms with Crippen LogP contribution in [0.15, 0.2) is 11.6 Å². The predicted octanol–water partition coefficient (Wildman–Crippen LogP) is 4.55. The van der Waals surface area contributed by atoms with Crippen LogP contribution < -0.4 is 0 Å². The molecule has 5 fully saturated rings. The van der Waals surface area contributed by atoms with Crippen LogP contribution in [0.5, 0.6) is 0 Å². The third kappa shape index (κ3) is 4.42. The van der Waals surface area contributed by atoms with Crippen LogP contribution in [-0.4, -0.2) is 68.6 Å². The van der Waals surface area contributed by atoms with Crippen molar-refractivity contribution in [2.75, 3.05) is 6.61 Å². The van der Waals surface area contributed by atoms with Crippen LogP contribution in [0.25, 0.3) is 0 Å². The third-order valence-corrected chi connectivity index (χ3v) is 14.3. The van der Waals surface area contributed by atoms with Crippen LogP contribution in [0.1, 0.15) is 98.3 Å². The second-order valence-electron chi connectivity index (χ2n) is 15.9. The van der Waals surface area contributed by atoms with Crippen LogP contribution in [0.3, 0.4) is 0 Å². The van der Waals surface area contributed by atoms with E-state index in [1.54, 1.807) is 0 Å². The Kier molecular flexibility index (Phi) is 7.75. The van der Waals surface area contributed by atoms with Gasteiger partial charge in [-0.3, -0.25) is 4.79 Å². The highest BCUT2D eigenvalue weighted by atomic mass is 16.5. The second kappa shape index (κ2) is 10.6. The summed E-state index contributed by atoms with van der Waals surface area (Å²) in [6.07, 6.45) is 8.21. The number of rotatable bonds is 4. The van der Waals surface area contributed by atoms with Crippen molar-refractivity contribution in [2.24, 2.45) is 57.7 Å². The molecule has 41 heavy (non-hydrogen) atoms. The average molecular weight is 575 g/mol. The summed E-state index contributed by atoms with van der Waals surface area (Å²) in [5, 5.41) is 51.4. The molecule has 1 aliphatic heterocycles. The summed E-state index contributed by atoms with van der Waals surface area (Å²) in [5.41, 5.74) is 1.35. The SMILES string of the molecule is CC1CCC2(C(=O)O)CCC3C(=CCC4C3(C)CCC3C(C)C(CC5OC(CO)C(O)C(O)C5O)CCC34C)C2C1. The van der Waals surface area contributed by atoms with E-state index in [9.17, 15) is 30.3 Å². The Balaban J connectivity index is 1.22. The molecule has 6 rings (SSSR count). The van der Waals surface area contributed by atoms with E-state index >= 15 is 0 Å². The van der Waals surface area contributed by atoms with Crippen molar-refractivity contribution in [1.29, 1.82) is 0 Å². The Hall–Kier alpha value is -0.990. The van der Waals surface area contributed by atoms with Gasteiger partial charge in [-0.25, -0.2) is 0 Å². The van der Waals surface area contributed by atoms with Gasteiger partial charge in [-0.05, 0) is 123 Å². The van der Waals surface area contributed by atoms with Gasteiger partial charge >= 0.3 is 5.97 Å². The van der Waals surface area contributed by atoms with Crippen molar-refractivity contribution >= 4 is 5.97 Å². The minimum absolute atomic E-state index is 0.194. The number of fused-ring (bicyclic) bond motifs is 7. The third-order valence-electron chi connectivity index (χ3n) is 14.3. The van der Waals surface area contributed by atoms with Gasteiger partial charge in [0, 0.05) is 0 Å². The summed E-state index contributed by atoms with van der Waals surface area (Å²) in [7, 11) is 0. The lowest BCUT2D eigenvalue weighted by atomic mass is 9.38. The minimum Gasteiger partial charge on any atom is -0.481 e. The van der Waals surface area contributed by atoms with Gasteiger partial charge in [0.05, 0.1) is 18.1 Å². The highest BCUT2D eigenvalue weighted by Gasteiger charge is 2.64. The topological polar surface area (TPSA) is 127 Å². The zero-order chi connectivity index (χ0) is 29.5. The van der Waals surface area contributed by atoms with Gasteiger partial charge in [-0.2, -0.15) is 0 Å². The number of hydrogen-bond acceptors (Lipinski definition) is 6. The number of carboxylic acids is 1. The predicted molar refractivity (Wildman–Crippen MR) is 155 cm³/mol. The van der Waals surface area contributed by atoms with Crippen molar-refractivity contribution in [3.63, 3.8) is 0 Å². The number of aliphatic carboxylic acids is 1. The van der Waals surface area contributed by atoms with Crippen molar-refractivity contribution in [1.82, 2.24) is 0 Å². The molecular formula is C34H54O7. The van der Waals surface area contributed by atoms with Gasteiger partial charge in [0.15, 0.2) is 0 Å². The minimum atomic E-state index is -1.31. The summed E-state index contributed by atoms with van der Waals surface area (Å²) >= 11 is 0. The number of carbonyl (C=O) groups is 1. The fraction of sp³-hybridized carbons (Fsp3) is 0.912. The molecule has 7 heteroatoms. The maximum Gasteiger partial charge on any atom is 0.310 e. The molecule has 0 radical (unpaired) electrons. The van der Waals surface area contributed by atoms with Crippen molar-refractivity contribution in [3.05, 3.63) is 11.6 Å². The van der Waals surface area contributed by atoms with Crippen LogP contribution in [0.4, 0.5) is 0 Å². The first-order chi connectivity index (χ1) is 19.4. The van der Waals surface area contributed by atoms with E-state index in [4.69, 9.17) is 4.74 Å². The van der Waals surface area contributed by atoms with E-state index < -0.39 is 41.9 Å². The highest BCUT2D eigenvalue weighted by molar-refractivity contribution is 5.76. The molecule has 4 saturated carbocycles. The lowest BCUT2D eigenvalue weighted by Gasteiger charge is -2.66. The number of aliphatic hydroxyl groups excluding tert-OH is 4. The lowest BCUT2D eigenvalue weighted by molar-refractivity contribution is -0.236. The molecule has 0 aromatic heterocycles. The largest absolute Gasteiger partial charge is 0.481 e. The summed E-state index contributed by atoms with van der Waals surface area (Å²) in [5.74, 6) is 2.65. The number of allylic oxidation sites excluding steroid dienone is 2. The molecule has 1 saturated heterocycles. The summed E-state index contributed by atoms with van der Waals surface area (Å²) in [6, 6.07) is 0. The summed E-state index contributed by atoms with van der Waals surface area (Å²) in [6.45, 7) is 9.37. The zero-order valence-corrected chi connectivity index (χ0v) is 25.5. The Morgan fingerprint density at radius 1 is 0.902 bits per heavy atom. The van der Waals surface area contributed by atoms with Gasteiger partial charge in [0.25, 0.3) is 0 Å². The smallest absolute Gasteiger partial charge is 0.310 e. The Morgan fingerprint density at radius 2 is 1.59 bits per heavy atom. The van der Waals surface area contributed by atoms with E-state index in [-0.39, 0.29) is 23.4 Å². The molecule has 15 atom stereocenters.